The Morgan fingerprint density at radius 3 is 2.48 bits per heavy atom. The van der Waals surface area contributed by atoms with Gasteiger partial charge in [-0.1, -0.05) is 50.2 Å². The van der Waals surface area contributed by atoms with Gasteiger partial charge >= 0.3 is 0 Å². The van der Waals surface area contributed by atoms with Gasteiger partial charge in [0, 0.05) is 13.1 Å². The highest BCUT2D eigenvalue weighted by Crippen LogP contribution is 2.33. The van der Waals surface area contributed by atoms with Gasteiger partial charge in [0.1, 0.15) is 6.54 Å². The highest BCUT2D eigenvalue weighted by molar-refractivity contribution is 8.18. The zero-order valence-corrected chi connectivity index (χ0v) is 19.6. The molecule has 0 atom stereocenters. The van der Waals surface area contributed by atoms with Crippen molar-refractivity contribution in [2.75, 3.05) is 43.1 Å². The lowest BCUT2D eigenvalue weighted by atomic mass is 10.0. The predicted molar refractivity (Wildman–Crippen MR) is 131 cm³/mol. The summed E-state index contributed by atoms with van der Waals surface area (Å²) in [7, 11) is 0. The van der Waals surface area contributed by atoms with E-state index in [0.717, 1.165) is 41.0 Å². The second-order valence-corrected chi connectivity index (χ2v) is 9.25. The molecule has 7 nitrogen and oxygen atoms in total. The van der Waals surface area contributed by atoms with E-state index >= 15 is 0 Å². The summed E-state index contributed by atoms with van der Waals surface area (Å²) < 4.78 is 5.40. The Labute approximate surface area is 197 Å². The molecule has 0 spiro atoms. The average Bonchev–Trinajstić information content (AvgIpc) is 3.07. The zero-order chi connectivity index (χ0) is 23.4. The van der Waals surface area contributed by atoms with Gasteiger partial charge in [0.2, 0.25) is 5.91 Å². The summed E-state index contributed by atoms with van der Waals surface area (Å²) in [5.41, 5.74) is 3.59. The van der Waals surface area contributed by atoms with Gasteiger partial charge in [-0.15, -0.1) is 0 Å². The highest BCUT2D eigenvalue weighted by atomic mass is 32.2. The molecule has 0 radical (unpaired) electrons. The molecule has 2 heterocycles. The number of hydrogen-bond donors (Lipinski definition) is 1. The Hall–Kier alpha value is -3.10. The van der Waals surface area contributed by atoms with Gasteiger partial charge in [0.25, 0.3) is 11.1 Å². The van der Waals surface area contributed by atoms with Crippen molar-refractivity contribution in [1.82, 2.24) is 4.90 Å². The van der Waals surface area contributed by atoms with E-state index in [2.05, 4.69) is 24.1 Å². The number of benzene rings is 2. The third kappa shape index (κ3) is 5.46. The molecule has 1 N–H and O–H groups in total. The Kier molecular flexibility index (Phi) is 7.15. The standard InChI is InChI=1S/C25H27N3O4S/c1-17(2)19-9-7-18(8-10-19)15-22-24(30)28(25(31)33-22)16-23(29)26-20-5-3-4-6-21(20)27-11-13-32-14-12-27/h3-10,15,17H,11-14,16H2,1-2H3,(H,26,29)/b22-15+. The number of nitrogens with one attached hydrogen (secondary N) is 1. The van der Waals surface area contributed by atoms with Crippen molar-refractivity contribution in [3.63, 3.8) is 0 Å². The quantitative estimate of drug-likeness (QED) is 0.640. The number of ether oxygens (including phenoxy) is 1. The first-order valence-corrected chi connectivity index (χ1v) is 11.8. The van der Waals surface area contributed by atoms with E-state index in [1.807, 2.05) is 48.5 Å². The number of anilines is 2. The summed E-state index contributed by atoms with van der Waals surface area (Å²) in [5.74, 6) is -0.451. The lowest BCUT2D eigenvalue weighted by molar-refractivity contribution is -0.127. The van der Waals surface area contributed by atoms with Crippen LogP contribution in [0.1, 0.15) is 30.9 Å². The number of para-hydroxylation sites is 2. The lowest BCUT2D eigenvalue weighted by Gasteiger charge is -2.30. The first-order valence-electron chi connectivity index (χ1n) is 11.0. The normalized spacial score (nSPS) is 17.8. The molecule has 4 rings (SSSR count). The number of nitrogens with zero attached hydrogens (tertiary/aromatic N) is 2. The number of carbonyl (C=O) groups excluding carboxylic acids is 3. The summed E-state index contributed by atoms with van der Waals surface area (Å²) >= 11 is 0.858. The molecule has 2 aromatic rings. The Morgan fingerprint density at radius 1 is 1.09 bits per heavy atom. The van der Waals surface area contributed by atoms with Crippen molar-refractivity contribution in [3.05, 3.63) is 64.6 Å². The fourth-order valence-electron chi connectivity index (χ4n) is 3.76. The van der Waals surface area contributed by atoms with Crippen LogP contribution in [0.15, 0.2) is 53.4 Å². The van der Waals surface area contributed by atoms with Crippen molar-refractivity contribution < 1.29 is 19.1 Å². The third-order valence-corrected chi connectivity index (χ3v) is 6.51. The first-order chi connectivity index (χ1) is 15.9. The fraction of sp³-hybridized carbons (Fsp3) is 0.320. The van der Waals surface area contributed by atoms with Crippen LogP contribution in [-0.2, 0) is 14.3 Å². The minimum atomic E-state index is -0.449. The summed E-state index contributed by atoms with van der Waals surface area (Å²) in [5, 5.41) is 2.42. The molecule has 0 aliphatic carbocycles. The predicted octanol–water partition coefficient (Wildman–Crippen LogP) is 4.32. The van der Waals surface area contributed by atoms with Crippen LogP contribution in [-0.4, -0.2) is 54.8 Å². The Bertz CT molecular complexity index is 1080. The Morgan fingerprint density at radius 2 is 1.79 bits per heavy atom. The van der Waals surface area contributed by atoms with Crippen LogP contribution in [0, 0.1) is 0 Å². The van der Waals surface area contributed by atoms with E-state index in [-0.39, 0.29) is 6.54 Å². The van der Waals surface area contributed by atoms with Crippen LogP contribution in [0.3, 0.4) is 0 Å². The van der Waals surface area contributed by atoms with E-state index in [0.29, 0.717) is 29.7 Å². The van der Waals surface area contributed by atoms with E-state index in [1.54, 1.807) is 6.08 Å². The van der Waals surface area contributed by atoms with Crippen molar-refractivity contribution in [1.29, 1.82) is 0 Å². The second kappa shape index (κ2) is 10.2. The summed E-state index contributed by atoms with van der Waals surface area (Å²) in [6.07, 6.45) is 1.70. The molecular formula is C25H27N3O4S. The highest BCUT2D eigenvalue weighted by Gasteiger charge is 2.36. The van der Waals surface area contributed by atoms with Crippen molar-refractivity contribution in [2.45, 2.75) is 19.8 Å². The third-order valence-electron chi connectivity index (χ3n) is 5.61. The molecule has 3 amide bonds. The molecule has 2 aliphatic rings. The molecule has 2 saturated heterocycles. The number of thioether (sulfide) groups is 1. The van der Waals surface area contributed by atoms with Gasteiger partial charge < -0.3 is 15.0 Å². The van der Waals surface area contributed by atoms with E-state index in [4.69, 9.17) is 4.74 Å². The minimum absolute atomic E-state index is 0.318. The molecule has 2 aliphatic heterocycles. The fourth-order valence-corrected chi connectivity index (χ4v) is 4.60. The summed E-state index contributed by atoms with van der Waals surface area (Å²) in [6.45, 7) is 6.64. The van der Waals surface area contributed by atoms with Crippen LogP contribution in [0.25, 0.3) is 6.08 Å². The number of morpholine rings is 1. The molecule has 0 aromatic heterocycles. The largest absolute Gasteiger partial charge is 0.378 e. The molecule has 0 unspecified atom stereocenters. The summed E-state index contributed by atoms with van der Waals surface area (Å²) in [6, 6.07) is 15.4. The van der Waals surface area contributed by atoms with E-state index in [9.17, 15) is 14.4 Å². The van der Waals surface area contributed by atoms with Gasteiger partial charge in [-0.3, -0.25) is 19.3 Å². The maximum atomic E-state index is 12.8. The van der Waals surface area contributed by atoms with Crippen molar-refractivity contribution >= 4 is 46.3 Å². The number of hydrogen-bond acceptors (Lipinski definition) is 6. The maximum absolute atomic E-state index is 12.8. The van der Waals surface area contributed by atoms with Gasteiger partial charge in [-0.05, 0) is 47.0 Å². The molecule has 172 valence electrons. The van der Waals surface area contributed by atoms with Crippen molar-refractivity contribution in [3.8, 4) is 0 Å². The average molecular weight is 466 g/mol. The monoisotopic (exact) mass is 465 g/mol. The van der Waals surface area contributed by atoms with Gasteiger partial charge in [-0.2, -0.15) is 0 Å². The van der Waals surface area contributed by atoms with Crippen LogP contribution >= 0.6 is 11.8 Å². The number of imide groups is 1. The molecular weight excluding hydrogens is 438 g/mol. The Balaban J connectivity index is 1.43. The molecule has 2 fully saturated rings. The number of carbonyl (C=O) groups is 3. The smallest absolute Gasteiger partial charge is 0.294 e. The topological polar surface area (TPSA) is 79.0 Å². The lowest BCUT2D eigenvalue weighted by Crippen LogP contribution is -2.38. The van der Waals surface area contributed by atoms with E-state index < -0.39 is 17.1 Å². The van der Waals surface area contributed by atoms with Crippen molar-refractivity contribution in [2.24, 2.45) is 0 Å². The number of amides is 3. The second-order valence-electron chi connectivity index (χ2n) is 8.25. The molecule has 0 saturated carbocycles. The minimum Gasteiger partial charge on any atom is -0.378 e. The number of rotatable bonds is 6. The SMILES string of the molecule is CC(C)c1ccc(/C=C2/SC(=O)N(CC(=O)Nc3ccccc3N3CCOCC3)C2=O)cc1. The molecule has 33 heavy (non-hydrogen) atoms. The molecule has 2 aromatic carbocycles. The van der Waals surface area contributed by atoms with Gasteiger partial charge in [0.05, 0.1) is 29.5 Å². The van der Waals surface area contributed by atoms with E-state index in [1.165, 1.54) is 5.56 Å². The first kappa shape index (κ1) is 23.1. The van der Waals surface area contributed by atoms with Gasteiger partial charge in [-0.25, -0.2) is 0 Å². The molecule has 8 heteroatoms. The molecule has 0 bridgehead atoms. The van der Waals surface area contributed by atoms with Gasteiger partial charge in [0.15, 0.2) is 0 Å². The van der Waals surface area contributed by atoms with Crippen LogP contribution in [0.5, 0.6) is 0 Å². The van der Waals surface area contributed by atoms with Crippen LogP contribution < -0.4 is 10.2 Å². The zero-order valence-electron chi connectivity index (χ0n) is 18.7. The summed E-state index contributed by atoms with van der Waals surface area (Å²) in [4.78, 5) is 41.5. The van der Waals surface area contributed by atoms with Crippen LogP contribution in [0.2, 0.25) is 0 Å². The van der Waals surface area contributed by atoms with Crippen LogP contribution in [0.4, 0.5) is 16.2 Å². The maximum Gasteiger partial charge on any atom is 0.294 e.